The molecule has 0 saturated heterocycles. The first-order valence-corrected chi connectivity index (χ1v) is 9.62. The van der Waals surface area contributed by atoms with Gasteiger partial charge in [0.05, 0.1) is 5.56 Å². The summed E-state index contributed by atoms with van der Waals surface area (Å²) < 4.78 is 2.26. The molecule has 0 bridgehead atoms. The van der Waals surface area contributed by atoms with Gasteiger partial charge in [0, 0.05) is 35.1 Å². The molecule has 1 amide bonds. The molecule has 24 heavy (non-hydrogen) atoms. The lowest BCUT2D eigenvalue weighted by Crippen LogP contribution is -2.26. The van der Waals surface area contributed by atoms with E-state index in [0.29, 0.717) is 0 Å². The Morgan fingerprint density at radius 1 is 1.17 bits per heavy atom. The van der Waals surface area contributed by atoms with Gasteiger partial charge in [-0.2, -0.15) is 0 Å². The average Bonchev–Trinajstić information content (AvgIpc) is 3.23. The zero-order valence-electron chi connectivity index (χ0n) is 13.8. The smallest absolute Gasteiger partial charge is 0.252 e. The molecule has 0 fully saturated rings. The number of aryl methyl sites for hydroxylation is 2. The first-order chi connectivity index (χ1) is 11.8. The largest absolute Gasteiger partial charge is 0.352 e. The minimum absolute atomic E-state index is 0.103. The number of benzene rings is 1. The molecule has 1 aliphatic rings. The molecule has 1 aliphatic carbocycles. The predicted molar refractivity (Wildman–Crippen MR) is 99.8 cm³/mol. The number of para-hydroxylation sites is 1. The van der Waals surface area contributed by atoms with Crippen LogP contribution in [0.4, 0.5) is 0 Å². The fourth-order valence-corrected chi connectivity index (χ4v) is 4.69. The summed E-state index contributed by atoms with van der Waals surface area (Å²) in [6.45, 7) is 1.64. The van der Waals surface area contributed by atoms with E-state index in [9.17, 15) is 4.79 Å². The van der Waals surface area contributed by atoms with E-state index in [1.807, 2.05) is 5.38 Å². The zero-order chi connectivity index (χ0) is 16.4. The summed E-state index contributed by atoms with van der Waals surface area (Å²) in [4.78, 5) is 13.9. The van der Waals surface area contributed by atoms with Gasteiger partial charge in [0.1, 0.15) is 0 Å². The van der Waals surface area contributed by atoms with Gasteiger partial charge in [-0.3, -0.25) is 4.79 Å². The van der Waals surface area contributed by atoms with E-state index in [1.165, 1.54) is 34.2 Å². The number of hydrogen-bond acceptors (Lipinski definition) is 2. The highest BCUT2D eigenvalue weighted by Gasteiger charge is 2.19. The fraction of sp³-hybridized carbons (Fsp3) is 0.350. The van der Waals surface area contributed by atoms with Crippen molar-refractivity contribution in [2.75, 3.05) is 6.54 Å². The van der Waals surface area contributed by atoms with Crippen LogP contribution in [0.5, 0.6) is 0 Å². The van der Waals surface area contributed by atoms with E-state index >= 15 is 0 Å². The molecule has 124 valence electrons. The number of rotatable bonds is 5. The maximum atomic E-state index is 12.4. The predicted octanol–water partition coefficient (Wildman–Crippen LogP) is 4.40. The highest BCUT2D eigenvalue weighted by Crippen LogP contribution is 2.30. The third kappa shape index (κ3) is 2.98. The topological polar surface area (TPSA) is 34.0 Å². The molecule has 0 atom stereocenters. The van der Waals surface area contributed by atoms with Gasteiger partial charge in [-0.25, -0.2) is 0 Å². The summed E-state index contributed by atoms with van der Waals surface area (Å²) in [5.41, 5.74) is 3.48. The Labute approximate surface area is 146 Å². The molecular formula is C20H22N2OS. The molecule has 2 heterocycles. The highest BCUT2D eigenvalue weighted by molar-refractivity contribution is 7.10. The van der Waals surface area contributed by atoms with E-state index in [4.69, 9.17) is 0 Å². The molecular weight excluding hydrogens is 316 g/mol. The van der Waals surface area contributed by atoms with Gasteiger partial charge < -0.3 is 9.88 Å². The van der Waals surface area contributed by atoms with Crippen molar-refractivity contribution in [1.82, 2.24) is 9.88 Å². The third-order valence-corrected chi connectivity index (χ3v) is 5.94. The normalized spacial score (nSPS) is 13.8. The minimum atomic E-state index is 0.103. The van der Waals surface area contributed by atoms with Crippen molar-refractivity contribution < 1.29 is 4.79 Å². The van der Waals surface area contributed by atoms with Gasteiger partial charge in [0.25, 0.3) is 5.91 Å². The maximum absolute atomic E-state index is 12.4. The van der Waals surface area contributed by atoms with Crippen LogP contribution in [0.2, 0.25) is 0 Å². The van der Waals surface area contributed by atoms with E-state index in [-0.39, 0.29) is 5.91 Å². The number of amides is 1. The van der Waals surface area contributed by atoms with Crippen molar-refractivity contribution in [1.29, 1.82) is 0 Å². The Balaban J connectivity index is 1.33. The zero-order valence-corrected chi connectivity index (χ0v) is 14.6. The van der Waals surface area contributed by atoms with Crippen LogP contribution < -0.4 is 5.32 Å². The van der Waals surface area contributed by atoms with Crippen molar-refractivity contribution in [3.8, 4) is 0 Å². The Morgan fingerprint density at radius 3 is 3.00 bits per heavy atom. The second-order valence-electron chi connectivity index (χ2n) is 6.44. The number of carbonyl (C=O) groups is 1. The van der Waals surface area contributed by atoms with Crippen molar-refractivity contribution in [3.05, 3.63) is 57.9 Å². The molecule has 0 spiro atoms. The molecule has 1 aromatic carbocycles. The number of thiophene rings is 1. The summed E-state index contributed by atoms with van der Waals surface area (Å²) >= 11 is 1.75. The lowest BCUT2D eigenvalue weighted by molar-refractivity contribution is 0.0952. The summed E-state index contributed by atoms with van der Waals surface area (Å²) in [5, 5.41) is 6.42. The summed E-state index contributed by atoms with van der Waals surface area (Å²) in [6, 6.07) is 10.6. The van der Waals surface area contributed by atoms with Gasteiger partial charge >= 0.3 is 0 Å². The molecule has 2 aromatic heterocycles. The maximum Gasteiger partial charge on any atom is 0.252 e. The number of nitrogens with one attached hydrogen (secondary N) is 1. The van der Waals surface area contributed by atoms with Gasteiger partial charge in [-0.05, 0) is 55.2 Å². The standard InChI is InChI=1S/C20H22N2OS/c23-20(17-14-24-19-9-4-2-7-16(17)19)21-11-5-12-22-13-10-15-6-1-3-8-18(15)22/h1,3,6,8,10,13-14H,2,4-5,7,9,11-12H2,(H,21,23). The molecule has 4 heteroatoms. The number of carbonyl (C=O) groups excluding carboxylic acids is 1. The SMILES string of the molecule is O=C(NCCCn1ccc2ccccc21)c1csc2c1CCCC2. The van der Waals surface area contributed by atoms with Crippen LogP contribution >= 0.6 is 11.3 Å². The minimum Gasteiger partial charge on any atom is -0.352 e. The third-order valence-electron chi connectivity index (χ3n) is 4.85. The molecule has 0 unspecified atom stereocenters. The Bertz CT molecular complexity index is 862. The quantitative estimate of drug-likeness (QED) is 0.687. The van der Waals surface area contributed by atoms with Crippen LogP contribution in [0, 0.1) is 0 Å². The summed E-state index contributed by atoms with van der Waals surface area (Å²) in [5.74, 6) is 0.103. The Hall–Kier alpha value is -2.07. The van der Waals surface area contributed by atoms with E-state index < -0.39 is 0 Å². The summed E-state index contributed by atoms with van der Waals surface area (Å²) in [7, 11) is 0. The van der Waals surface area contributed by atoms with Crippen LogP contribution in [0.15, 0.2) is 41.9 Å². The van der Waals surface area contributed by atoms with Crippen molar-refractivity contribution in [2.45, 2.75) is 38.6 Å². The molecule has 3 nitrogen and oxygen atoms in total. The Kier molecular flexibility index (Phi) is 4.39. The lowest BCUT2D eigenvalue weighted by atomic mass is 9.96. The first-order valence-electron chi connectivity index (χ1n) is 8.74. The van der Waals surface area contributed by atoms with Crippen LogP contribution in [0.1, 0.15) is 40.1 Å². The number of aromatic nitrogens is 1. The van der Waals surface area contributed by atoms with E-state index in [2.05, 4.69) is 46.4 Å². The van der Waals surface area contributed by atoms with Crippen molar-refractivity contribution >= 4 is 28.1 Å². The number of fused-ring (bicyclic) bond motifs is 2. The van der Waals surface area contributed by atoms with Gasteiger partial charge in [0.15, 0.2) is 0 Å². The molecule has 0 radical (unpaired) electrons. The van der Waals surface area contributed by atoms with Crippen LogP contribution in [0.25, 0.3) is 10.9 Å². The highest BCUT2D eigenvalue weighted by atomic mass is 32.1. The van der Waals surface area contributed by atoms with Crippen molar-refractivity contribution in [2.24, 2.45) is 0 Å². The monoisotopic (exact) mass is 338 g/mol. The number of nitrogens with zero attached hydrogens (tertiary/aromatic N) is 1. The second kappa shape index (κ2) is 6.81. The van der Waals surface area contributed by atoms with Crippen LogP contribution in [0.3, 0.4) is 0 Å². The first kappa shape index (κ1) is 15.5. The Morgan fingerprint density at radius 2 is 2.04 bits per heavy atom. The fourth-order valence-electron chi connectivity index (χ4n) is 3.57. The van der Waals surface area contributed by atoms with Crippen LogP contribution in [-0.4, -0.2) is 17.0 Å². The van der Waals surface area contributed by atoms with Gasteiger partial charge in [-0.1, -0.05) is 18.2 Å². The van der Waals surface area contributed by atoms with Crippen LogP contribution in [-0.2, 0) is 19.4 Å². The molecule has 1 N–H and O–H groups in total. The molecule has 3 aromatic rings. The van der Waals surface area contributed by atoms with E-state index in [0.717, 1.165) is 37.9 Å². The number of hydrogen-bond donors (Lipinski definition) is 1. The molecule has 4 rings (SSSR count). The van der Waals surface area contributed by atoms with Crippen molar-refractivity contribution in [3.63, 3.8) is 0 Å². The molecule has 0 saturated carbocycles. The van der Waals surface area contributed by atoms with Gasteiger partial charge in [0.2, 0.25) is 0 Å². The second-order valence-corrected chi connectivity index (χ2v) is 7.40. The average molecular weight is 338 g/mol. The lowest BCUT2D eigenvalue weighted by Gasteiger charge is -2.13. The molecule has 0 aliphatic heterocycles. The van der Waals surface area contributed by atoms with Gasteiger partial charge in [-0.15, -0.1) is 11.3 Å². The van der Waals surface area contributed by atoms with E-state index in [1.54, 1.807) is 11.3 Å². The summed E-state index contributed by atoms with van der Waals surface area (Å²) in [6.07, 6.45) is 7.76.